The van der Waals surface area contributed by atoms with Crippen molar-refractivity contribution in [2.75, 3.05) is 29.9 Å². The van der Waals surface area contributed by atoms with Crippen molar-refractivity contribution in [3.63, 3.8) is 0 Å². The van der Waals surface area contributed by atoms with E-state index in [1.54, 1.807) is 11.8 Å². The number of rotatable bonds is 7. The molecule has 0 saturated carbocycles. The molecular weight excluding hydrogens is 232 g/mol. The molecule has 3 nitrogen and oxygen atoms in total. The first-order valence-electron chi connectivity index (χ1n) is 5.40. The number of benzene rings is 1. The minimum Gasteiger partial charge on any atom is -0.325 e. The summed E-state index contributed by atoms with van der Waals surface area (Å²) in [6.07, 6.45) is 5.12. The molecule has 0 saturated heterocycles. The van der Waals surface area contributed by atoms with Gasteiger partial charge in [-0.3, -0.25) is 4.79 Å². The number of amides is 1. The van der Waals surface area contributed by atoms with E-state index in [2.05, 4.69) is 16.6 Å². The highest BCUT2D eigenvalue weighted by atomic mass is 32.2. The van der Waals surface area contributed by atoms with Crippen molar-refractivity contribution in [1.29, 1.82) is 0 Å². The summed E-state index contributed by atoms with van der Waals surface area (Å²) in [6, 6.07) is 9.41. The maximum Gasteiger partial charge on any atom is 0.238 e. The second-order valence-corrected chi connectivity index (χ2v) is 4.45. The third-order valence-corrected chi connectivity index (χ3v) is 2.82. The maximum atomic E-state index is 11.5. The summed E-state index contributed by atoms with van der Waals surface area (Å²) in [5.41, 5.74) is 0.820. The lowest BCUT2D eigenvalue weighted by Gasteiger charge is -2.05. The average Bonchev–Trinajstić information content (AvgIpc) is 2.35. The summed E-state index contributed by atoms with van der Waals surface area (Å²) in [4.78, 5) is 11.5. The Hall–Kier alpha value is -1.44. The van der Waals surface area contributed by atoms with Gasteiger partial charge in [0.25, 0.3) is 0 Å². The van der Waals surface area contributed by atoms with E-state index in [1.165, 1.54) is 0 Å². The number of anilines is 1. The van der Waals surface area contributed by atoms with Gasteiger partial charge in [0.1, 0.15) is 0 Å². The van der Waals surface area contributed by atoms with Crippen LogP contribution in [0.3, 0.4) is 0 Å². The lowest BCUT2D eigenvalue weighted by Crippen LogP contribution is -2.29. The molecule has 1 amide bonds. The number of hydrogen-bond donors (Lipinski definition) is 2. The van der Waals surface area contributed by atoms with Gasteiger partial charge in [0, 0.05) is 18.0 Å². The minimum atomic E-state index is -0.0295. The van der Waals surface area contributed by atoms with Crippen molar-refractivity contribution in [1.82, 2.24) is 5.32 Å². The second-order valence-electron chi connectivity index (χ2n) is 3.35. The topological polar surface area (TPSA) is 41.1 Å². The molecule has 0 bridgehead atoms. The monoisotopic (exact) mass is 248 g/mol. The largest absolute Gasteiger partial charge is 0.325 e. The molecule has 0 aliphatic heterocycles. The molecule has 1 aromatic rings. The van der Waals surface area contributed by atoms with Crippen LogP contribution in [-0.4, -0.2) is 30.5 Å². The van der Waals surface area contributed by atoms with E-state index in [9.17, 15) is 4.79 Å². The number of terminal acetylenes is 1. The summed E-state index contributed by atoms with van der Waals surface area (Å²) >= 11 is 1.68. The molecule has 0 aliphatic rings. The van der Waals surface area contributed by atoms with E-state index >= 15 is 0 Å². The van der Waals surface area contributed by atoms with E-state index in [-0.39, 0.29) is 5.91 Å². The molecule has 0 fully saturated rings. The highest BCUT2D eigenvalue weighted by Gasteiger charge is 2.00. The summed E-state index contributed by atoms with van der Waals surface area (Å²) in [6.45, 7) is 1.11. The summed E-state index contributed by atoms with van der Waals surface area (Å²) in [5, 5.41) is 5.87. The van der Waals surface area contributed by atoms with Gasteiger partial charge < -0.3 is 10.6 Å². The number of carbonyl (C=O) groups is 1. The SMILES string of the molecule is C#CCSCCNCC(=O)Nc1ccccc1. The number of hydrogen-bond acceptors (Lipinski definition) is 3. The standard InChI is InChI=1S/C13H16N2OS/c1-2-9-17-10-8-14-11-13(16)15-12-6-4-3-5-7-12/h1,3-7,14H,8-11H2,(H,15,16). The Morgan fingerprint density at radius 3 is 2.82 bits per heavy atom. The van der Waals surface area contributed by atoms with E-state index in [0.717, 1.165) is 23.7 Å². The minimum absolute atomic E-state index is 0.0295. The van der Waals surface area contributed by atoms with Crippen molar-refractivity contribution in [3.05, 3.63) is 30.3 Å². The third kappa shape index (κ3) is 6.67. The zero-order valence-electron chi connectivity index (χ0n) is 9.61. The number of carbonyl (C=O) groups excluding carboxylic acids is 1. The van der Waals surface area contributed by atoms with E-state index in [4.69, 9.17) is 6.42 Å². The number of para-hydroxylation sites is 1. The van der Waals surface area contributed by atoms with Gasteiger partial charge in [-0.1, -0.05) is 24.1 Å². The van der Waals surface area contributed by atoms with Crippen LogP contribution in [0.5, 0.6) is 0 Å². The lowest BCUT2D eigenvalue weighted by atomic mass is 10.3. The smallest absolute Gasteiger partial charge is 0.238 e. The van der Waals surface area contributed by atoms with Gasteiger partial charge in [-0.2, -0.15) is 0 Å². The van der Waals surface area contributed by atoms with Crippen LogP contribution >= 0.6 is 11.8 Å². The van der Waals surface area contributed by atoms with Gasteiger partial charge in [0.05, 0.1) is 12.3 Å². The molecule has 2 N–H and O–H groups in total. The van der Waals surface area contributed by atoms with Crippen LogP contribution in [0, 0.1) is 12.3 Å². The second kappa shape index (κ2) is 8.68. The van der Waals surface area contributed by atoms with E-state index in [0.29, 0.717) is 6.54 Å². The normalized spacial score (nSPS) is 9.59. The summed E-state index contributed by atoms with van der Waals surface area (Å²) < 4.78 is 0. The van der Waals surface area contributed by atoms with Gasteiger partial charge in [0.15, 0.2) is 0 Å². The van der Waals surface area contributed by atoms with Gasteiger partial charge >= 0.3 is 0 Å². The average molecular weight is 248 g/mol. The van der Waals surface area contributed by atoms with Gasteiger partial charge in [-0.15, -0.1) is 18.2 Å². The van der Waals surface area contributed by atoms with Crippen LogP contribution in [0.1, 0.15) is 0 Å². The molecule has 0 atom stereocenters. The fourth-order valence-corrected chi connectivity index (χ4v) is 1.75. The molecule has 17 heavy (non-hydrogen) atoms. The highest BCUT2D eigenvalue weighted by molar-refractivity contribution is 7.99. The van der Waals surface area contributed by atoms with Crippen LogP contribution in [0.2, 0.25) is 0 Å². The molecule has 90 valence electrons. The van der Waals surface area contributed by atoms with Crippen LogP contribution in [0.25, 0.3) is 0 Å². The molecule has 0 heterocycles. The predicted octanol–water partition coefficient (Wildman–Crippen LogP) is 1.58. The molecule has 4 heteroatoms. The maximum absolute atomic E-state index is 11.5. The lowest BCUT2D eigenvalue weighted by molar-refractivity contribution is -0.115. The van der Waals surface area contributed by atoms with Crippen molar-refractivity contribution in [2.45, 2.75) is 0 Å². The molecule has 0 aromatic heterocycles. The number of nitrogens with one attached hydrogen (secondary N) is 2. The van der Waals surface area contributed by atoms with Gasteiger partial charge in [0.2, 0.25) is 5.91 Å². The quantitative estimate of drug-likeness (QED) is 0.568. The zero-order valence-corrected chi connectivity index (χ0v) is 10.4. The van der Waals surface area contributed by atoms with Crippen molar-refractivity contribution >= 4 is 23.4 Å². The van der Waals surface area contributed by atoms with Crippen molar-refractivity contribution in [3.8, 4) is 12.3 Å². The van der Waals surface area contributed by atoms with Crippen LogP contribution in [-0.2, 0) is 4.79 Å². The Morgan fingerprint density at radius 1 is 1.35 bits per heavy atom. The molecule has 1 aromatic carbocycles. The fraction of sp³-hybridized carbons (Fsp3) is 0.308. The first-order chi connectivity index (χ1) is 8.33. The highest BCUT2D eigenvalue weighted by Crippen LogP contribution is 2.03. The Bertz CT molecular complexity index is 373. The van der Waals surface area contributed by atoms with E-state index < -0.39 is 0 Å². The first-order valence-corrected chi connectivity index (χ1v) is 6.55. The molecule has 0 spiro atoms. The molecule has 0 radical (unpaired) electrons. The molecule has 0 unspecified atom stereocenters. The van der Waals surface area contributed by atoms with E-state index in [1.807, 2.05) is 30.3 Å². The van der Waals surface area contributed by atoms with Crippen LogP contribution < -0.4 is 10.6 Å². The van der Waals surface area contributed by atoms with Crippen molar-refractivity contribution in [2.24, 2.45) is 0 Å². The Morgan fingerprint density at radius 2 is 2.12 bits per heavy atom. The molecule has 0 aliphatic carbocycles. The zero-order chi connectivity index (χ0) is 12.3. The Labute approximate surface area is 106 Å². The van der Waals surface area contributed by atoms with Gasteiger partial charge in [-0.05, 0) is 12.1 Å². The molecule has 1 rings (SSSR count). The number of thioether (sulfide) groups is 1. The summed E-state index contributed by atoms with van der Waals surface area (Å²) in [7, 11) is 0. The summed E-state index contributed by atoms with van der Waals surface area (Å²) in [5.74, 6) is 4.17. The first kappa shape index (κ1) is 13.6. The third-order valence-electron chi connectivity index (χ3n) is 1.95. The van der Waals surface area contributed by atoms with Crippen molar-refractivity contribution < 1.29 is 4.79 Å². The Balaban J connectivity index is 2.08. The van der Waals surface area contributed by atoms with Crippen LogP contribution in [0.15, 0.2) is 30.3 Å². The predicted molar refractivity (Wildman–Crippen MR) is 74.1 cm³/mol. The Kier molecular flexibility index (Phi) is 6.96. The molecular formula is C13H16N2OS. The van der Waals surface area contributed by atoms with Crippen LogP contribution in [0.4, 0.5) is 5.69 Å². The fourth-order valence-electron chi connectivity index (χ4n) is 1.20. The van der Waals surface area contributed by atoms with Gasteiger partial charge in [-0.25, -0.2) is 0 Å².